The molecule has 0 aliphatic heterocycles. The normalized spacial score (nSPS) is 10.5. The highest BCUT2D eigenvalue weighted by Crippen LogP contribution is 2.28. The predicted molar refractivity (Wildman–Crippen MR) is 66.2 cm³/mol. The van der Waals surface area contributed by atoms with E-state index in [-0.39, 0.29) is 5.69 Å². The molecule has 2 rings (SSSR count). The van der Waals surface area contributed by atoms with Gasteiger partial charge < -0.3 is 5.32 Å². The van der Waals surface area contributed by atoms with Crippen LogP contribution in [0, 0.1) is 21.7 Å². The number of hydrogen-bond donors (Lipinski definition) is 2. The SMILES string of the molecule is O=[N+]([O-])c1c(F)cc(F)cc1NCCCc1ncn[nH]1. The van der Waals surface area contributed by atoms with Crippen LogP contribution >= 0.6 is 0 Å². The monoisotopic (exact) mass is 283 g/mol. The molecule has 0 amide bonds. The fraction of sp³-hybridized carbons (Fsp3) is 0.273. The highest BCUT2D eigenvalue weighted by atomic mass is 19.1. The van der Waals surface area contributed by atoms with Crippen LogP contribution in [0.25, 0.3) is 0 Å². The zero-order chi connectivity index (χ0) is 14.5. The molecule has 0 spiro atoms. The van der Waals surface area contributed by atoms with Crippen LogP contribution in [-0.4, -0.2) is 26.6 Å². The van der Waals surface area contributed by atoms with Gasteiger partial charge in [-0.05, 0) is 6.42 Å². The molecule has 106 valence electrons. The number of hydrogen-bond acceptors (Lipinski definition) is 5. The van der Waals surface area contributed by atoms with Gasteiger partial charge in [-0.2, -0.15) is 9.49 Å². The van der Waals surface area contributed by atoms with Crippen molar-refractivity contribution in [3.63, 3.8) is 0 Å². The second-order valence-electron chi connectivity index (χ2n) is 4.00. The molecule has 1 aromatic carbocycles. The van der Waals surface area contributed by atoms with Gasteiger partial charge in [0.1, 0.15) is 23.7 Å². The first-order valence-electron chi connectivity index (χ1n) is 5.79. The van der Waals surface area contributed by atoms with Gasteiger partial charge in [-0.1, -0.05) is 0 Å². The zero-order valence-electron chi connectivity index (χ0n) is 10.3. The molecule has 0 saturated carbocycles. The Morgan fingerprint density at radius 1 is 1.40 bits per heavy atom. The largest absolute Gasteiger partial charge is 0.379 e. The minimum atomic E-state index is -1.20. The fourth-order valence-electron chi connectivity index (χ4n) is 1.72. The Kier molecular flexibility index (Phi) is 4.18. The van der Waals surface area contributed by atoms with Gasteiger partial charge in [0.15, 0.2) is 0 Å². The van der Waals surface area contributed by atoms with E-state index in [2.05, 4.69) is 20.5 Å². The summed E-state index contributed by atoms with van der Waals surface area (Å²) in [5.74, 6) is -1.40. The quantitative estimate of drug-likeness (QED) is 0.480. The summed E-state index contributed by atoms with van der Waals surface area (Å²) in [4.78, 5) is 13.8. The average Bonchev–Trinajstić information content (AvgIpc) is 2.86. The van der Waals surface area contributed by atoms with Crippen LogP contribution < -0.4 is 5.32 Å². The Bertz CT molecular complexity index is 603. The molecule has 0 unspecified atom stereocenters. The second kappa shape index (κ2) is 6.04. The molecule has 0 aliphatic carbocycles. The van der Waals surface area contributed by atoms with Crippen molar-refractivity contribution in [2.45, 2.75) is 12.8 Å². The van der Waals surface area contributed by atoms with Crippen molar-refractivity contribution in [2.75, 3.05) is 11.9 Å². The van der Waals surface area contributed by atoms with Crippen LogP contribution in [0.4, 0.5) is 20.2 Å². The molecule has 0 aliphatic rings. The first kappa shape index (κ1) is 13.8. The smallest absolute Gasteiger partial charge is 0.327 e. The molecule has 0 bridgehead atoms. The predicted octanol–water partition coefficient (Wildman–Crippen LogP) is 2.04. The highest BCUT2D eigenvalue weighted by Gasteiger charge is 2.21. The lowest BCUT2D eigenvalue weighted by Gasteiger charge is -2.07. The lowest BCUT2D eigenvalue weighted by Crippen LogP contribution is -2.07. The molecular weight excluding hydrogens is 272 g/mol. The number of aromatic amines is 1. The Hall–Kier alpha value is -2.58. The number of nitro groups is 1. The summed E-state index contributed by atoms with van der Waals surface area (Å²) in [5, 5.41) is 19.7. The number of halogens is 2. The minimum Gasteiger partial charge on any atom is -0.379 e. The van der Waals surface area contributed by atoms with Crippen LogP contribution in [0.2, 0.25) is 0 Å². The minimum absolute atomic E-state index is 0.176. The van der Waals surface area contributed by atoms with Crippen molar-refractivity contribution in [1.29, 1.82) is 0 Å². The van der Waals surface area contributed by atoms with E-state index < -0.39 is 22.2 Å². The first-order valence-corrected chi connectivity index (χ1v) is 5.79. The first-order chi connectivity index (χ1) is 9.58. The number of aryl methyl sites for hydroxylation is 1. The molecule has 9 heteroatoms. The fourth-order valence-corrected chi connectivity index (χ4v) is 1.72. The number of rotatable bonds is 6. The molecule has 0 radical (unpaired) electrons. The Morgan fingerprint density at radius 3 is 2.85 bits per heavy atom. The van der Waals surface area contributed by atoms with Gasteiger partial charge in [-0.15, -0.1) is 0 Å². The van der Waals surface area contributed by atoms with E-state index in [4.69, 9.17) is 0 Å². The number of nitro benzene ring substituents is 1. The molecule has 2 aromatic rings. The summed E-state index contributed by atoms with van der Waals surface area (Å²) in [6.45, 7) is 0.310. The van der Waals surface area contributed by atoms with E-state index >= 15 is 0 Å². The summed E-state index contributed by atoms with van der Waals surface area (Å²) in [6.07, 6.45) is 2.51. The van der Waals surface area contributed by atoms with Gasteiger partial charge in [0.25, 0.3) is 0 Å². The number of benzene rings is 1. The van der Waals surface area contributed by atoms with E-state index in [9.17, 15) is 18.9 Å². The highest BCUT2D eigenvalue weighted by molar-refractivity contribution is 5.62. The Balaban J connectivity index is 1.99. The molecule has 2 N–H and O–H groups in total. The van der Waals surface area contributed by atoms with Crippen LogP contribution in [0.5, 0.6) is 0 Å². The van der Waals surface area contributed by atoms with Gasteiger partial charge >= 0.3 is 5.69 Å². The maximum Gasteiger partial charge on any atom is 0.327 e. The molecule has 20 heavy (non-hydrogen) atoms. The Labute approximate surface area is 112 Å². The van der Waals surface area contributed by atoms with Gasteiger partial charge in [0.05, 0.1) is 4.92 Å². The van der Waals surface area contributed by atoms with Crippen LogP contribution in [-0.2, 0) is 6.42 Å². The van der Waals surface area contributed by atoms with Crippen molar-refractivity contribution in [3.05, 3.63) is 46.0 Å². The number of H-pyrrole nitrogens is 1. The van der Waals surface area contributed by atoms with Gasteiger partial charge in [-0.25, -0.2) is 9.37 Å². The van der Waals surface area contributed by atoms with Gasteiger partial charge in [0.2, 0.25) is 5.82 Å². The van der Waals surface area contributed by atoms with Crippen molar-refractivity contribution in [1.82, 2.24) is 15.2 Å². The number of nitrogens with zero attached hydrogens (tertiary/aromatic N) is 3. The topological polar surface area (TPSA) is 96.7 Å². The Morgan fingerprint density at radius 2 is 2.20 bits per heavy atom. The van der Waals surface area contributed by atoms with Crippen LogP contribution in [0.3, 0.4) is 0 Å². The summed E-state index contributed by atoms with van der Waals surface area (Å²) in [5.41, 5.74) is -0.934. The maximum absolute atomic E-state index is 13.3. The van der Waals surface area contributed by atoms with Crippen molar-refractivity contribution in [2.24, 2.45) is 0 Å². The van der Waals surface area contributed by atoms with E-state index in [1.165, 1.54) is 6.33 Å². The summed E-state index contributed by atoms with van der Waals surface area (Å²) < 4.78 is 26.4. The molecule has 0 saturated heterocycles. The molecule has 7 nitrogen and oxygen atoms in total. The zero-order valence-corrected chi connectivity index (χ0v) is 10.3. The van der Waals surface area contributed by atoms with Crippen LogP contribution in [0.1, 0.15) is 12.2 Å². The van der Waals surface area contributed by atoms with E-state index in [1.807, 2.05) is 0 Å². The summed E-state index contributed by atoms with van der Waals surface area (Å²) in [6, 6.07) is 1.38. The van der Waals surface area contributed by atoms with E-state index in [0.29, 0.717) is 31.3 Å². The molecule has 1 aromatic heterocycles. The van der Waals surface area contributed by atoms with Gasteiger partial charge in [0, 0.05) is 25.1 Å². The molecule has 1 heterocycles. The third-order valence-electron chi connectivity index (χ3n) is 2.58. The lowest BCUT2D eigenvalue weighted by atomic mass is 10.2. The standard InChI is InChI=1S/C11H11F2N5O2/c12-7-4-8(13)11(18(19)20)9(5-7)14-3-1-2-10-15-6-16-17-10/h4-6,14H,1-3H2,(H,15,16,17). The van der Waals surface area contributed by atoms with Gasteiger partial charge in [-0.3, -0.25) is 15.2 Å². The maximum atomic E-state index is 13.3. The average molecular weight is 283 g/mol. The van der Waals surface area contributed by atoms with Crippen molar-refractivity contribution in [3.8, 4) is 0 Å². The van der Waals surface area contributed by atoms with Crippen molar-refractivity contribution >= 4 is 11.4 Å². The van der Waals surface area contributed by atoms with E-state index in [0.717, 1.165) is 6.07 Å². The third kappa shape index (κ3) is 3.25. The number of aromatic nitrogens is 3. The summed E-state index contributed by atoms with van der Waals surface area (Å²) in [7, 11) is 0. The molecule has 0 atom stereocenters. The number of anilines is 1. The lowest BCUT2D eigenvalue weighted by molar-refractivity contribution is -0.386. The third-order valence-corrected chi connectivity index (χ3v) is 2.58. The molecule has 0 fully saturated rings. The second-order valence-corrected chi connectivity index (χ2v) is 4.00. The van der Waals surface area contributed by atoms with Crippen molar-refractivity contribution < 1.29 is 13.7 Å². The van der Waals surface area contributed by atoms with E-state index in [1.54, 1.807) is 0 Å². The summed E-state index contributed by atoms with van der Waals surface area (Å²) >= 11 is 0. The number of nitrogens with one attached hydrogen (secondary N) is 2. The van der Waals surface area contributed by atoms with Crippen LogP contribution in [0.15, 0.2) is 18.5 Å². The molecular formula is C11H11F2N5O2.